The van der Waals surface area contributed by atoms with E-state index in [-0.39, 0.29) is 22.5 Å². The van der Waals surface area contributed by atoms with Crippen LogP contribution in [0.2, 0.25) is 0 Å². The summed E-state index contributed by atoms with van der Waals surface area (Å²) in [6.45, 7) is 0. The van der Waals surface area contributed by atoms with E-state index in [1.807, 2.05) is 0 Å². The zero-order chi connectivity index (χ0) is 18.7. The molecule has 7 heteroatoms. The Bertz CT molecular complexity index is 967. The fraction of sp³-hybridized carbons (Fsp3) is 0.105. The fourth-order valence-electron chi connectivity index (χ4n) is 2.60. The first-order chi connectivity index (χ1) is 12.6. The van der Waals surface area contributed by atoms with Crippen LogP contribution in [-0.2, 0) is 9.47 Å². The number of halogens is 1. The number of hydrogen-bond donors (Lipinski definition) is 0. The van der Waals surface area contributed by atoms with Gasteiger partial charge in [-0.3, -0.25) is 0 Å². The highest BCUT2D eigenvalue weighted by Crippen LogP contribution is 2.30. The molecule has 0 atom stereocenters. The van der Waals surface area contributed by atoms with Crippen molar-refractivity contribution in [1.82, 2.24) is 9.78 Å². The molecule has 0 saturated carbocycles. The Morgan fingerprint density at radius 1 is 0.923 bits per heavy atom. The first kappa shape index (κ1) is 17.3. The van der Waals surface area contributed by atoms with E-state index < -0.39 is 17.8 Å². The predicted octanol–water partition coefficient (Wildman–Crippen LogP) is 3.25. The summed E-state index contributed by atoms with van der Waals surface area (Å²) in [6.07, 6.45) is 0. The van der Waals surface area contributed by atoms with Gasteiger partial charge in [0.1, 0.15) is 17.1 Å². The lowest BCUT2D eigenvalue weighted by Crippen LogP contribution is -2.15. The van der Waals surface area contributed by atoms with Gasteiger partial charge >= 0.3 is 11.9 Å². The average molecular weight is 354 g/mol. The number of carbonyl (C=O) groups is 2. The zero-order valence-corrected chi connectivity index (χ0v) is 14.1. The molecular weight excluding hydrogens is 339 g/mol. The molecule has 0 radical (unpaired) electrons. The first-order valence-electron chi connectivity index (χ1n) is 7.68. The maximum Gasteiger partial charge on any atom is 0.357 e. The quantitative estimate of drug-likeness (QED) is 0.673. The van der Waals surface area contributed by atoms with Crippen LogP contribution in [-0.4, -0.2) is 35.9 Å². The summed E-state index contributed by atoms with van der Waals surface area (Å²) in [5, 5.41) is 4.32. The number of methoxy groups -OCH3 is 2. The van der Waals surface area contributed by atoms with Gasteiger partial charge in [0.15, 0.2) is 5.69 Å². The van der Waals surface area contributed by atoms with Crippen LogP contribution < -0.4 is 0 Å². The second-order valence-corrected chi connectivity index (χ2v) is 5.28. The Hall–Kier alpha value is -3.48. The maximum atomic E-state index is 14.3. The zero-order valence-electron chi connectivity index (χ0n) is 14.1. The molecule has 1 heterocycles. The van der Waals surface area contributed by atoms with E-state index in [2.05, 4.69) is 5.10 Å². The van der Waals surface area contributed by atoms with Crippen LogP contribution in [0.5, 0.6) is 0 Å². The van der Waals surface area contributed by atoms with Crippen molar-refractivity contribution < 1.29 is 23.5 Å². The standard InChI is InChI=1S/C19H15FN2O4/c1-25-18(23)15-16(13-10-6-7-11-14(13)20)21-22(17(15)19(24)26-2)12-8-4-3-5-9-12/h3-11H,1-2H3. The molecule has 0 fully saturated rings. The first-order valence-corrected chi connectivity index (χ1v) is 7.68. The minimum Gasteiger partial charge on any atom is -0.465 e. The van der Waals surface area contributed by atoms with Gasteiger partial charge in [-0.15, -0.1) is 0 Å². The number of aromatic nitrogens is 2. The van der Waals surface area contributed by atoms with Crippen molar-refractivity contribution in [2.24, 2.45) is 0 Å². The summed E-state index contributed by atoms with van der Waals surface area (Å²) >= 11 is 0. The molecule has 0 amide bonds. The Morgan fingerprint density at radius 3 is 2.15 bits per heavy atom. The second kappa shape index (κ2) is 7.18. The minimum absolute atomic E-state index is 0.000738. The van der Waals surface area contributed by atoms with Crippen molar-refractivity contribution >= 4 is 11.9 Å². The normalized spacial score (nSPS) is 10.4. The predicted molar refractivity (Wildman–Crippen MR) is 91.6 cm³/mol. The van der Waals surface area contributed by atoms with Crippen LogP contribution in [0, 0.1) is 5.82 Å². The van der Waals surface area contributed by atoms with E-state index in [0.29, 0.717) is 5.69 Å². The third-order valence-electron chi connectivity index (χ3n) is 3.78. The molecule has 0 aliphatic carbocycles. The van der Waals surface area contributed by atoms with Gasteiger partial charge in [0.25, 0.3) is 0 Å². The smallest absolute Gasteiger partial charge is 0.357 e. The van der Waals surface area contributed by atoms with Gasteiger partial charge in [-0.05, 0) is 24.3 Å². The van der Waals surface area contributed by atoms with Crippen molar-refractivity contribution in [2.45, 2.75) is 0 Å². The van der Waals surface area contributed by atoms with Crippen LogP contribution >= 0.6 is 0 Å². The van der Waals surface area contributed by atoms with Gasteiger partial charge in [-0.2, -0.15) is 5.10 Å². The molecule has 0 spiro atoms. The average Bonchev–Trinajstić information content (AvgIpc) is 3.08. The lowest BCUT2D eigenvalue weighted by atomic mass is 10.1. The van der Waals surface area contributed by atoms with Gasteiger partial charge < -0.3 is 9.47 Å². The van der Waals surface area contributed by atoms with Crippen LogP contribution in [0.25, 0.3) is 16.9 Å². The molecule has 0 aliphatic rings. The summed E-state index contributed by atoms with van der Waals surface area (Å²) in [7, 11) is 2.36. The van der Waals surface area contributed by atoms with Crippen LogP contribution in [0.3, 0.4) is 0 Å². The molecule has 26 heavy (non-hydrogen) atoms. The largest absolute Gasteiger partial charge is 0.465 e. The molecule has 132 valence electrons. The Kier molecular flexibility index (Phi) is 4.79. The van der Waals surface area contributed by atoms with Gasteiger partial charge in [-0.25, -0.2) is 18.7 Å². The van der Waals surface area contributed by atoms with E-state index in [0.717, 1.165) is 0 Å². The SMILES string of the molecule is COC(=O)c1c(-c2ccccc2F)nn(-c2ccccc2)c1C(=O)OC. The molecule has 1 aromatic heterocycles. The van der Waals surface area contributed by atoms with Gasteiger partial charge in [0.2, 0.25) is 0 Å². The number of esters is 2. The molecule has 0 saturated heterocycles. The van der Waals surface area contributed by atoms with Crippen molar-refractivity contribution in [1.29, 1.82) is 0 Å². The summed E-state index contributed by atoms with van der Waals surface area (Å²) in [5.41, 5.74) is 0.296. The Labute approximate surface area is 148 Å². The number of para-hydroxylation sites is 1. The third-order valence-corrected chi connectivity index (χ3v) is 3.78. The van der Waals surface area contributed by atoms with Crippen LogP contribution in [0.15, 0.2) is 54.6 Å². The number of rotatable bonds is 4. The molecule has 0 N–H and O–H groups in total. The number of carbonyl (C=O) groups excluding carboxylic acids is 2. The number of benzene rings is 2. The lowest BCUT2D eigenvalue weighted by molar-refractivity contribution is 0.0549. The summed E-state index contributed by atoms with van der Waals surface area (Å²) in [6, 6.07) is 14.5. The van der Waals surface area contributed by atoms with E-state index in [1.165, 1.54) is 37.1 Å². The molecule has 3 rings (SSSR count). The Balaban J connectivity index is 2.38. The number of ether oxygens (including phenoxy) is 2. The van der Waals surface area contributed by atoms with E-state index in [9.17, 15) is 14.0 Å². The fourth-order valence-corrected chi connectivity index (χ4v) is 2.60. The topological polar surface area (TPSA) is 70.4 Å². The molecule has 0 bridgehead atoms. The third kappa shape index (κ3) is 2.95. The molecule has 6 nitrogen and oxygen atoms in total. The van der Waals surface area contributed by atoms with E-state index >= 15 is 0 Å². The number of hydrogen-bond acceptors (Lipinski definition) is 5. The van der Waals surface area contributed by atoms with Gasteiger partial charge in [-0.1, -0.05) is 30.3 Å². The monoisotopic (exact) mass is 354 g/mol. The van der Waals surface area contributed by atoms with Gasteiger partial charge in [0.05, 0.1) is 19.9 Å². The highest BCUT2D eigenvalue weighted by molar-refractivity contribution is 6.06. The van der Waals surface area contributed by atoms with Crippen molar-refractivity contribution in [3.63, 3.8) is 0 Å². The van der Waals surface area contributed by atoms with Gasteiger partial charge in [0, 0.05) is 5.56 Å². The molecule has 2 aromatic carbocycles. The second-order valence-electron chi connectivity index (χ2n) is 5.28. The van der Waals surface area contributed by atoms with E-state index in [4.69, 9.17) is 9.47 Å². The lowest BCUT2D eigenvalue weighted by Gasteiger charge is -2.07. The molecule has 0 unspecified atom stereocenters. The maximum absolute atomic E-state index is 14.3. The highest BCUT2D eigenvalue weighted by atomic mass is 19.1. The highest BCUT2D eigenvalue weighted by Gasteiger charge is 2.32. The summed E-state index contributed by atoms with van der Waals surface area (Å²) in [5.74, 6) is -2.18. The number of nitrogens with zero attached hydrogens (tertiary/aromatic N) is 2. The molecular formula is C19H15FN2O4. The van der Waals surface area contributed by atoms with Crippen LogP contribution in [0.4, 0.5) is 4.39 Å². The van der Waals surface area contributed by atoms with Crippen molar-refractivity contribution in [3.8, 4) is 16.9 Å². The molecule has 0 aliphatic heterocycles. The summed E-state index contributed by atoms with van der Waals surface area (Å²) in [4.78, 5) is 24.8. The minimum atomic E-state index is -0.814. The summed E-state index contributed by atoms with van der Waals surface area (Å²) < 4.78 is 25.2. The van der Waals surface area contributed by atoms with Crippen LogP contribution in [0.1, 0.15) is 20.8 Å². The molecule has 3 aromatic rings. The van der Waals surface area contributed by atoms with Crippen molar-refractivity contribution in [2.75, 3.05) is 14.2 Å². The Morgan fingerprint density at radius 2 is 1.54 bits per heavy atom. The van der Waals surface area contributed by atoms with E-state index in [1.54, 1.807) is 36.4 Å². The van der Waals surface area contributed by atoms with Crippen molar-refractivity contribution in [3.05, 3.63) is 71.7 Å².